The van der Waals surface area contributed by atoms with E-state index in [-0.39, 0.29) is 11.6 Å². The lowest BCUT2D eigenvalue weighted by molar-refractivity contribution is 0.0698. The predicted molar refractivity (Wildman–Crippen MR) is 80.6 cm³/mol. The number of amides is 2. The van der Waals surface area contributed by atoms with E-state index in [1.54, 1.807) is 23.1 Å². The van der Waals surface area contributed by atoms with Gasteiger partial charge in [0.2, 0.25) is 0 Å². The molecular formula is C13H15IN2O3. The predicted octanol–water partition coefficient (Wildman–Crippen LogP) is 3.01. The van der Waals surface area contributed by atoms with Crippen molar-refractivity contribution < 1.29 is 14.7 Å². The number of carboxylic acid groups (broad SMARTS) is 1. The fourth-order valence-electron chi connectivity index (χ4n) is 2.09. The number of nitrogens with one attached hydrogen (secondary N) is 1. The molecule has 0 radical (unpaired) electrons. The summed E-state index contributed by atoms with van der Waals surface area (Å²) in [6, 6.07) is 4.74. The van der Waals surface area contributed by atoms with Crippen LogP contribution in [0.25, 0.3) is 0 Å². The molecule has 0 aliphatic carbocycles. The average Bonchev–Trinajstić information content (AvgIpc) is 2.41. The van der Waals surface area contributed by atoms with Gasteiger partial charge in [0.1, 0.15) is 0 Å². The Morgan fingerprint density at radius 3 is 2.53 bits per heavy atom. The van der Waals surface area contributed by atoms with E-state index in [4.69, 9.17) is 5.11 Å². The lowest BCUT2D eigenvalue weighted by Crippen LogP contribution is -2.39. The summed E-state index contributed by atoms with van der Waals surface area (Å²) in [5.74, 6) is -1.03. The molecular weight excluding hydrogens is 359 g/mol. The van der Waals surface area contributed by atoms with Crippen molar-refractivity contribution in [2.45, 2.75) is 19.3 Å². The number of aromatic carboxylic acids is 1. The average molecular weight is 374 g/mol. The quantitative estimate of drug-likeness (QED) is 0.782. The third-order valence-corrected chi connectivity index (χ3v) is 3.77. The van der Waals surface area contributed by atoms with Crippen LogP contribution in [0.3, 0.4) is 0 Å². The molecule has 1 aliphatic rings. The van der Waals surface area contributed by atoms with Crippen LogP contribution in [-0.2, 0) is 0 Å². The van der Waals surface area contributed by atoms with Crippen molar-refractivity contribution >= 4 is 40.3 Å². The normalized spacial score (nSPS) is 15.1. The van der Waals surface area contributed by atoms with Gasteiger partial charge in [-0.1, -0.05) is 0 Å². The molecule has 0 saturated carbocycles. The summed E-state index contributed by atoms with van der Waals surface area (Å²) in [6.07, 6.45) is 3.16. The van der Waals surface area contributed by atoms with Crippen molar-refractivity contribution in [1.29, 1.82) is 0 Å². The highest BCUT2D eigenvalue weighted by Crippen LogP contribution is 2.20. The molecule has 2 rings (SSSR count). The Labute approximate surface area is 125 Å². The minimum atomic E-state index is -1.03. The Bertz CT molecular complexity index is 499. The summed E-state index contributed by atoms with van der Waals surface area (Å²) >= 11 is 2.05. The smallest absolute Gasteiger partial charge is 0.337 e. The van der Waals surface area contributed by atoms with Crippen molar-refractivity contribution in [3.8, 4) is 0 Å². The number of hydrogen-bond donors (Lipinski definition) is 2. The number of carboxylic acids is 1. The summed E-state index contributed by atoms with van der Waals surface area (Å²) in [5.41, 5.74) is 0.473. The molecule has 0 bridgehead atoms. The Kier molecular flexibility index (Phi) is 4.62. The minimum Gasteiger partial charge on any atom is -0.478 e. The van der Waals surface area contributed by atoms with Crippen LogP contribution in [0.5, 0.6) is 0 Å². The van der Waals surface area contributed by atoms with Crippen LogP contribution in [-0.4, -0.2) is 35.1 Å². The molecule has 0 unspecified atom stereocenters. The number of nitrogens with zero attached hydrogens (tertiary/aromatic N) is 1. The van der Waals surface area contributed by atoms with E-state index in [1.165, 1.54) is 0 Å². The SMILES string of the molecule is O=C(O)c1cc(I)ccc1NC(=O)N1CCCCC1. The maximum atomic E-state index is 12.0. The summed E-state index contributed by atoms with van der Waals surface area (Å²) in [7, 11) is 0. The number of likely N-dealkylation sites (tertiary alicyclic amines) is 1. The first-order chi connectivity index (χ1) is 9.08. The highest BCUT2D eigenvalue weighted by molar-refractivity contribution is 14.1. The summed E-state index contributed by atoms with van der Waals surface area (Å²) in [5, 5.41) is 11.8. The second-order valence-corrected chi connectivity index (χ2v) is 5.72. The maximum absolute atomic E-state index is 12.0. The summed E-state index contributed by atoms with van der Waals surface area (Å²) in [6.45, 7) is 1.47. The van der Waals surface area contributed by atoms with Crippen LogP contribution in [0, 0.1) is 3.57 Å². The monoisotopic (exact) mass is 374 g/mol. The van der Waals surface area contributed by atoms with Gasteiger partial charge in [-0.3, -0.25) is 0 Å². The van der Waals surface area contributed by atoms with E-state index in [9.17, 15) is 9.59 Å². The molecule has 1 aromatic carbocycles. The Hall–Kier alpha value is -1.31. The molecule has 1 aromatic rings. The molecule has 1 aliphatic heterocycles. The van der Waals surface area contributed by atoms with E-state index in [2.05, 4.69) is 5.32 Å². The van der Waals surface area contributed by atoms with E-state index in [0.717, 1.165) is 35.9 Å². The molecule has 5 nitrogen and oxygen atoms in total. The minimum absolute atomic E-state index is 0.122. The fraction of sp³-hybridized carbons (Fsp3) is 0.385. The molecule has 19 heavy (non-hydrogen) atoms. The van der Waals surface area contributed by atoms with Gasteiger partial charge in [-0.15, -0.1) is 0 Å². The number of hydrogen-bond acceptors (Lipinski definition) is 2. The zero-order valence-electron chi connectivity index (χ0n) is 10.4. The van der Waals surface area contributed by atoms with Crippen LogP contribution in [0.4, 0.5) is 10.5 Å². The first-order valence-corrected chi connectivity index (χ1v) is 7.24. The summed E-state index contributed by atoms with van der Waals surface area (Å²) < 4.78 is 0.825. The number of piperidine rings is 1. The molecule has 2 amide bonds. The zero-order chi connectivity index (χ0) is 13.8. The summed E-state index contributed by atoms with van der Waals surface area (Å²) in [4.78, 5) is 24.9. The Balaban J connectivity index is 2.13. The number of halogens is 1. The number of carbonyl (C=O) groups is 2. The first-order valence-electron chi connectivity index (χ1n) is 6.16. The van der Waals surface area contributed by atoms with Gasteiger partial charge in [-0.25, -0.2) is 9.59 Å². The van der Waals surface area contributed by atoms with Crippen molar-refractivity contribution in [1.82, 2.24) is 4.90 Å². The number of carbonyl (C=O) groups excluding carboxylic acids is 1. The lowest BCUT2D eigenvalue weighted by atomic mass is 10.1. The van der Waals surface area contributed by atoms with Crippen LogP contribution < -0.4 is 5.32 Å². The van der Waals surface area contributed by atoms with Crippen molar-refractivity contribution in [3.63, 3.8) is 0 Å². The lowest BCUT2D eigenvalue weighted by Gasteiger charge is -2.27. The van der Waals surface area contributed by atoms with Gasteiger partial charge in [-0.2, -0.15) is 0 Å². The number of urea groups is 1. The number of anilines is 1. The van der Waals surface area contributed by atoms with Gasteiger partial charge in [0.05, 0.1) is 11.3 Å². The van der Waals surface area contributed by atoms with E-state index < -0.39 is 5.97 Å². The number of rotatable bonds is 2. The van der Waals surface area contributed by atoms with E-state index in [1.807, 2.05) is 22.6 Å². The van der Waals surface area contributed by atoms with Gasteiger partial charge < -0.3 is 15.3 Å². The van der Waals surface area contributed by atoms with Crippen LogP contribution in [0.15, 0.2) is 18.2 Å². The molecule has 0 aromatic heterocycles. The van der Waals surface area contributed by atoms with Gasteiger partial charge in [-0.05, 0) is 60.1 Å². The second-order valence-electron chi connectivity index (χ2n) is 4.47. The fourth-order valence-corrected chi connectivity index (χ4v) is 2.58. The van der Waals surface area contributed by atoms with Gasteiger partial charge >= 0.3 is 12.0 Å². The topological polar surface area (TPSA) is 69.6 Å². The first kappa shape index (κ1) is 14.1. The molecule has 102 valence electrons. The maximum Gasteiger partial charge on any atom is 0.337 e. The van der Waals surface area contributed by atoms with Crippen LogP contribution in [0.2, 0.25) is 0 Å². The van der Waals surface area contributed by atoms with Crippen LogP contribution in [0.1, 0.15) is 29.6 Å². The molecule has 1 saturated heterocycles. The highest BCUT2D eigenvalue weighted by atomic mass is 127. The standard InChI is InChI=1S/C13H15IN2O3/c14-9-4-5-11(10(8-9)12(17)18)15-13(19)16-6-2-1-3-7-16/h4-5,8H,1-3,6-7H2,(H,15,19)(H,17,18). The third kappa shape index (κ3) is 3.59. The zero-order valence-corrected chi connectivity index (χ0v) is 12.5. The van der Waals surface area contributed by atoms with Crippen molar-refractivity contribution in [2.75, 3.05) is 18.4 Å². The van der Waals surface area contributed by atoms with E-state index in [0.29, 0.717) is 5.69 Å². The number of benzene rings is 1. The second kappa shape index (κ2) is 6.23. The van der Waals surface area contributed by atoms with Gasteiger partial charge in [0.25, 0.3) is 0 Å². The highest BCUT2D eigenvalue weighted by Gasteiger charge is 2.19. The molecule has 1 fully saturated rings. The van der Waals surface area contributed by atoms with Crippen LogP contribution >= 0.6 is 22.6 Å². The molecule has 6 heteroatoms. The van der Waals surface area contributed by atoms with Crippen molar-refractivity contribution in [3.05, 3.63) is 27.3 Å². The molecule has 0 atom stereocenters. The Morgan fingerprint density at radius 2 is 1.89 bits per heavy atom. The largest absolute Gasteiger partial charge is 0.478 e. The van der Waals surface area contributed by atoms with Crippen molar-refractivity contribution in [2.24, 2.45) is 0 Å². The Morgan fingerprint density at radius 1 is 1.21 bits per heavy atom. The van der Waals surface area contributed by atoms with Gasteiger partial charge in [0, 0.05) is 16.7 Å². The van der Waals surface area contributed by atoms with E-state index >= 15 is 0 Å². The molecule has 0 spiro atoms. The third-order valence-electron chi connectivity index (χ3n) is 3.10. The van der Waals surface area contributed by atoms with Gasteiger partial charge in [0.15, 0.2) is 0 Å². The molecule has 2 N–H and O–H groups in total. The molecule has 1 heterocycles.